The lowest BCUT2D eigenvalue weighted by Gasteiger charge is -2.15. The molecule has 122 valence electrons. The second-order valence-corrected chi connectivity index (χ2v) is 5.83. The van der Waals surface area contributed by atoms with Crippen LogP contribution in [0.4, 0.5) is 11.4 Å². The van der Waals surface area contributed by atoms with Crippen LogP contribution in [0.3, 0.4) is 0 Å². The average molecular weight is 332 g/mol. The number of nitro benzene ring substituents is 1. The molecule has 0 amide bonds. The fourth-order valence-electron chi connectivity index (χ4n) is 3.26. The summed E-state index contributed by atoms with van der Waals surface area (Å²) in [6, 6.07) is 9.29. The van der Waals surface area contributed by atoms with E-state index in [-0.39, 0.29) is 17.3 Å². The first-order chi connectivity index (χ1) is 12.1. The normalized spacial score (nSPS) is 17.1. The van der Waals surface area contributed by atoms with Crippen LogP contribution in [0, 0.1) is 21.4 Å². The molecule has 7 nitrogen and oxygen atoms in total. The molecule has 25 heavy (non-hydrogen) atoms. The predicted molar refractivity (Wildman–Crippen MR) is 92.6 cm³/mol. The molecule has 2 heterocycles. The fraction of sp³-hybridized carbons (Fsp3) is 0.111. The number of aromatic nitrogens is 1. The summed E-state index contributed by atoms with van der Waals surface area (Å²) >= 11 is 0. The third-order valence-corrected chi connectivity index (χ3v) is 4.40. The van der Waals surface area contributed by atoms with E-state index in [2.05, 4.69) is 5.32 Å². The van der Waals surface area contributed by atoms with E-state index in [0.717, 1.165) is 17.7 Å². The average Bonchev–Trinajstić information content (AvgIpc) is 2.99. The van der Waals surface area contributed by atoms with Gasteiger partial charge in [0, 0.05) is 23.4 Å². The molecule has 0 saturated heterocycles. The summed E-state index contributed by atoms with van der Waals surface area (Å²) in [5.41, 5.74) is 2.41. The minimum absolute atomic E-state index is 0.0248. The van der Waals surface area contributed by atoms with Gasteiger partial charge >= 0.3 is 0 Å². The maximum atomic E-state index is 12.8. The number of nitriles is 1. The Labute approximate surface area is 142 Å². The van der Waals surface area contributed by atoms with Crippen molar-refractivity contribution < 1.29 is 4.92 Å². The second kappa shape index (κ2) is 5.46. The standard InChI is InChI=1S/C18H12N4O3/c19-10-11-9-16-17(14-3-1-2-4-15(14)20-16)21(18(11)23)12-5-7-13(8-6-12)22(24)25/h1-3,5-9,15,20H,4H2. The molecule has 0 fully saturated rings. The van der Waals surface area contributed by atoms with Crippen molar-refractivity contribution in [2.24, 2.45) is 0 Å². The summed E-state index contributed by atoms with van der Waals surface area (Å²) in [5, 5.41) is 23.5. The summed E-state index contributed by atoms with van der Waals surface area (Å²) < 4.78 is 1.45. The Morgan fingerprint density at radius 2 is 2.08 bits per heavy atom. The van der Waals surface area contributed by atoms with Crippen LogP contribution in [0.5, 0.6) is 0 Å². The number of nitrogens with zero attached hydrogens (tertiary/aromatic N) is 3. The largest absolute Gasteiger partial charge is 0.376 e. The van der Waals surface area contributed by atoms with Crippen molar-refractivity contribution in [3.05, 3.63) is 80.3 Å². The minimum Gasteiger partial charge on any atom is -0.376 e. The summed E-state index contributed by atoms with van der Waals surface area (Å²) in [7, 11) is 0. The number of anilines is 1. The van der Waals surface area contributed by atoms with E-state index in [1.54, 1.807) is 6.07 Å². The number of hydrogen-bond acceptors (Lipinski definition) is 5. The van der Waals surface area contributed by atoms with Crippen molar-refractivity contribution in [1.29, 1.82) is 5.26 Å². The molecular formula is C18H12N4O3. The molecule has 1 atom stereocenters. The van der Waals surface area contributed by atoms with Crippen molar-refractivity contribution >= 4 is 16.9 Å². The third kappa shape index (κ3) is 2.23. The predicted octanol–water partition coefficient (Wildman–Crippen LogP) is 2.75. The molecule has 2 aliphatic rings. The monoisotopic (exact) mass is 332 g/mol. The highest BCUT2D eigenvalue weighted by molar-refractivity contribution is 5.87. The van der Waals surface area contributed by atoms with Crippen molar-refractivity contribution in [3.63, 3.8) is 0 Å². The van der Waals surface area contributed by atoms with Gasteiger partial charge in [-0.3, -0.25) is 19.5 Å². The number of benzene rings is 1. The molecule has 1 aromatic carbocycles. The van der Waals surface area contributed by atoms with Crippen LogP contribution in [-0.4, -0.2) is 15.5 Å². The Kier molecular flexibility index (Phi) is 3.25. The van der Waals surface area contributed by atoms with Gasteiger partial charge in [0.2, 0.25) is 0 Å². The molecule has 1 unspecified atom stereocenters. The molecule has 7 heteroatoms. The van der Waals surface area contributed by atoms with Crippen molar-refractivity contribution in [2.45, 2.75) is 12.5 Å². The zero-order valence-electron chi connectivity index (χ0n) is 13.0. The second-order valence-electron chi connectivity index (χ2n) is 5.83. The van der Waals surface area contributed by atoms with Crippen LogP contribution in [0.2, 0.25) is 0 Å². The van der Waals surface area contributed by atoms with E-state index in [9.17, 15) is 20.2 Å². The van der Waals surface area contributed by atoms with Gasteiger partial charge in [0.25, 0.3) is 11.2 Å². The Morgan fingerprint density at radius 3 is 2.76 bits per heavy atom. The van der Waals surface area contributed by atoms with Gasteiger partial charge in [-0.05, 0) is 24.6 Å². The first-order valence-corrected chi connectivity index (χ1v) is 7.69. The van der Waals surface area contributed by atoms with Gasteiger partial charge in [-0.1, -0.05) is 18.2 Å². The van der Waals surface area contributed by atoms with Gasteiger partial charge in [-0.2, -0.15) is 5.26 Å². The fourth-order valence-corrected chi connectivity index (χ4v) is 3.26. The molecule has 0 spiro atoms. The molecule has 0 radical (unpaired) electrons. The molecular weight excluding hydrogens is 320 g/mol. The molecule has 0 bridgehead atoms. The Bertz CT molecular complexity index is 1060. The number of allylic oxidation sites excluding steroid dienone is 2. The van der Waals surface area contributed by atoms with E-state index in [1.807, 2.05) is 24.3 Å². The minimum atomic E-state index is -0.491. The lowest BCUT2D eigenvalue weighted by molar-refractivity contribution is -0.384. The number of hydrogen-bond donors (Lipinski definition) is 1. The third-order valence-electron chi connectivity index (χ3n) is 4.40. The van der Waals surface area contributed by atoms with Crippen LogP contribution in [0.1, 0.15) is 17.7 Å². The lowest BCUT2D eigenvalue weighted by atomic mass is 9.99. The molecule has 1 N–H and O–H groups in total. The number of pyridine rings is 1. The topological polar surface area (TPSA) is 101 Å². The zero-order chi connectivity index (χ0) is 17.6. The van der Waals surface area contributed by atoms with Gasteiger partial charge in [0.15, 0.2) is 0 Å². The molecule has 0 saturated carbocycles. The van der Waals surface area contributed by atoms with Gasteiger partial charge in [-0.25, -0.2) is 0 Å². The van der Waals surface area contributed by atoms with Gasteiger partial charge in [0.1, 0.15) is 11.6 Å². The summed E-state index contributed by atoms with van der Waals surface area (Å²) in [6.07, 6.45) is 6.70. The maximum absolute atomic E-state index is 12.8. The van der Waals surface area contributed by atoms with Gasteiger partial charge in [0.05, 0.1) is 22.3 Å². The van der Waals surface area contributed by atoms with E-state index in [0.29, 0.717) is 11.4 Å². The zero-order valence-corrected chi connectivity index (χ0v) is 13.0. The summed E-state index contributed by atoms with van der Waals surface area (Å²) in [6.45, 7) is 0. The van der Waals surface area contributed by atoms with Crippen LogP contribution in [0.25, 0.3) is 11.3 Å². The van der Waals surface area contributed by atoms with Crippen molar-refractivity contribution in [2.75, 3.05) is 5.32 Å². The Balaban J connectivity index is 1.99. The quantitative estimate of drug-likeness (QED) is 0.673. The number of rotatable bonds is 2. The van der Waals surface area contributed by atoms with Crippen molar-refractivity contribution in [1.82, 2.24) is 4.57 Å². The lowest BCUT2D eigenvalue weighted by Crippen LogP contribution is -2.23. The highest BCUT2D eigenvalue weighted by Crippen LogP contribution is 2.39. The van der Waals surface area contributed by atoms with E-state index in [1.165, 1.54) is 28.8 Å². The number of non-ortho nitro benzene ring substituents is 1. The first-order valence-electron chi connectivity index (χ1n) is 7.69. The van der Waals surface area contributed by atoms with E-state index < -0.39 is 10.5 Å². The first kappa shape index (κ1) is 14.9. The highest BCUT2D eigenvalue weighted by Gasteiger charge is 2.31. The Morgan fingerprint density at radius 1 is 1.32 bits per heavy atom. The molecule has 4 rings (SSSR count). The smallest absolute Gasteiger partial charge is 0.273 e. The highest BCUT2D eigenvalue weighted by atomic mass is 16.6. The van der Waals surface area contributed by atoms with Crippen LogP contribution in [-0.2, 0) is 0 Å². The number of fused-ring (bicyclic) bond motifs is 3. The van der Waals surface area contributed by atoms with Gasteiger partial charge < -0.3 is 5.32 Å². The number of nitro groups is 1. The van der Waals surface area contributed by atoms with Crippen LogP contribution >= 0.6 is 0 Å². The maximum Gasteiger partial charge on any atom is 0.273 e. The SMILES string of the molecule is N#Cc1cc2c(n(-c3ccc([N+](=O)[O-])cc3)c1=O)C1=CC=CCC1N2. The van der Waals surface area contributed by atoms with Gasteiger partial charge in [-0.15, -0.1) is 0 Å². The number of nitrogens with one attached hydrogen (secondary N) is 1. The van der Waals surface area contributed by atoms with Crippen LogP contribution in [0.15, 0.2) is 53.4 Å². The molecule has 1 aliphatic carbocycles. The molecule has 1 aromatic heterocycles. The molecule has 2 aromatic rings. The van der Waals surface area contributed by atoms with Crippen molar-refractivity contribution in [3.8, 4) is 11.8 Å². The molecule has 1 aliphatic heterocycles. The summed E-state index contributed by atoms with van der Waals surface area (Å²) in [5.74, 6) is 0. The van der Waals surface area contributed by atoms with E-state index in [4.69, 9.17) is 0 Å². The summed E-state index contributed by atoms with van der Waals surface area (Å²) in [4.78, 5) is 23.2. The Hall–Kier alpha value is -3.66. The van der Waals surface area contributed by atoms with Crippen LogP contribution < -0.4 is 10.9 Å². The van der Waals surface area contributed by atoms with E-state index >= 15 is 0 Å².